The Balaban J connectivity index is 1.28. The minimum absolute atomic E-state index is 0.0553. The molecule has 0 bridgehead atoms. The summed E-state index contributed by atoms with van der Waals surface area (Å²) in [6, 6.07) is 7.22. The number of benzene rings is 2. The molecule has 5 heterocycles. The largest absolute Gasteiger partial charge is 0.508 e. The van der Waals surface area contributed by atoms with Gasteiger partial charge in [0, 0.05) is 5.56 Å². The number of aliphatic hydroxyl groups excluding tert-OH is 12. The van der Waals surface area contributed by atoms with Crippen molar-refractivity contribution in [2.75, 3.05) is 19.8 Å². The van der Waals surface area contributed by atoms with Gasteiger partial charge >= 0.3 is 0 Å². The van der Waals surface area contributed by atoms with Crippen LogP contribution in [0.25, 0.3) is 22.3 Å². The Morgan fingerprint density at radius 2 is 1.34 bits per heavy atom. The van der Waals surface area contributed by atoms with Crippen LogP contribution in [0.4, 0.5) is 0 Å². The lowest BCUT2D eigenvalue weighted by Gasteiger charge is -2.45. The molecular weight excluding hydrogens is 824 g/mol. The van der Waals surface area contributed by atoms with E-state index in [1.54, 1.807) is 0 Å². The number of hydrogen-bond acceptors (Lipinski definition) is 23. The predicted molar refractivity (Wildman–Crippen MR) is 196 cm³/mol. The molecule has 1 aromatic heterocycles. The van der Waals surface area contributed by atoms with Gasteiger partial charge < -0.3 is 109 Å². The van der Waals surface area contributed by atoms with Crippen molar-refractivity contribution < 1.29 is 109 Å². The van der Waals surface area contributed by atoms with Crippen LogP contribution in [0.3, 0.4) is 0 Å². The van der Waals surface area contributed by atoms with E-state index in [1.807, 2.05) is 0 Å². The molecule has 338 valence electrons. The van der Waals surface area contributed by atoms with Gasteiger partial charge in [-0.1, -0.05) is 0 Å². The number of fused-ring (bicyclic) bond motifs is 1. The molecule has 4 aliphatic heterocycles. The highest BCUT2D eigenvalue weighted by Gasteiger charge is 2.52. The molecule has 0 saturated carbocycles. The first-order valence-electron chi connectivity index (χ1n) is 19.2. The molecule has 0 aliphatic carbocycles. The van der Waals surface area contributed by atoms with Crippen LogP contribution in [0.1, 0.15) is 18.6 Å². The fourth-order valence-corrected chi connectivity index (χ4v) is 7.55. The maximum absolute atomic E-state index is 14.5. The second-order valence-electron chi connectivity index (χ2n) is 15.3. The maximum atomic E-state index is 14.5. The monoisotopic (exact) mass is 872 g/mol. The van der Waals surface area contributed by atoms with Crippen LogP contribution < -0.4 is 10.2 Å². The number of hydrogen-bond donors (Lipinski definition) is 14. The van der Waals surface area contributed by atoms with Gasteiger partial charge in [-0.2, -0.15) is 0 Å². The molecule has 0 spiro atoms. The number of ether oxygens (including phenoxy) is 7. The van der Waals surface area contributed by atoms with Crippen molar-refractivity contribution in [2.45, 2.75) is 123 Å². The molecule has 3 aromatic rings. The Labute approximate surface area is 343 Å². The number of aromatic hydroxyl groups is 2. The summed E-state index contributed by atoms with van der Waals surface area (Å²) < 4.78 is 46.1. The van der Waals surface area contributed by atoms with Crippen molar-refractivity contribution in [1.82, 2.24) is 0 Å². The van der Waals surface area contributed by atoms with Crippen LogP contribution in [-0.4, -0.2) is 202 Å². The van der Waals surface area contributed by atoms with Gasteiger partial charge in [-0.3, -0.25) is 4.79 Å². The Hall–Kier alpha value is -3.67. The zero-order chi connectivity index (χ0) is 44.2. The standard InChI is InChI=1S/C38H48O23/c1-11-21(43)26(48)31(53)36(56-11)55-10-19-24(46)28(50)35(61-37-30(52)22(44)16(42)9-54-37)38(59-19)60-34-25(47)20-15(41)6-13(32-29(51)27(49)23(45)18(8-39)58-32)7-17(20)57-33(34)12-2-4-14(40)5-3-12/h2-7,11,16,18-19,21-24,26-32,35-46,48-53H,8-10H2,1H3/t11-,16+,18+,19+,21-,22-,23+,24+,26+,27-,28-,29+,30+,31+,32-,35+,36+,37-,38-/m0/s1. The minimum atomic E-state index is -2.06. The number of aliphatic hydroxyl groups is 12. The van der Waals surface area contributed by atoms with Crippen molar-refractivity contribution in [3.05, 3.63) is 52.2 Å². The van der Waals surface area contributed by atoms with E-state index in [0.29, 0.717) is 0 Å². The number of phenols is 2. The third-order valence-corrected chi connectivity index (χ3v) is 11.2. The first kappa shape index (κ1) is 45.4. The van der Waals surface area contributed by atoms with Gasteiger partial charge in [-0.05, 0) is 48.9 Å². The summed E-state index contributed by atoms with van der Waals surface area (Å²) in [5.41, 5.74) is -1.48. The van der Waals surface area contributed by atoms with Gasteiger partial charge in [0.1, 0.15) is 108 Å². The molecular formula is C38H48O23. The summed E-state index contributed by atoms with van der Waals surface area (Å²) in [4.78, 5) is 14.5. The van der Waals surface area contributed by atoms with Crippen molar-refractivity contribution in [3.8, 4) is 28.6 Å². The molecule has 4 saturated heterocycles. The summed E-state index contributed by atoms with van der Waals surface area (Å²) in [7, 11) is 0. The van der Waals surface area contributed by atoms with E-state index in [1.165, 1.54) is 37.3 Å². The number of phenolic OH excluding ortho intramolecular Hbond substituents is 2. The van der Waals surface area contributed by atoms with Crippen molar-refractivity contribution in [2.24, 2.45) is 0 Å². The summed E-state index contributed by atoms with van der Waals surface area (Å²) in [5, 5.41) is 147. The lowest BCUT2D eigenvalue weighted by Crippen LogP contribution is -2.64. The van der Waals surface area contributed by atoms with E-state index in [9.17, 15) is 76.3 Å². The summed E-state index contributed by atoms with van der Waals surface area (Å²) in [6.45, 7) is -0.632. The second-order valence-corrected chi connectivity index (χ2v) is 15.3. The normalized spacial score (nSPS) is 40.8. The average molecular weight is 873 g/mol. The predicted octanol–water partition coefficient (Wildman–Crippen LogP) is -5.12. The lowest BCUT2D eigenvalue weighted by molar-refractivity contribution is -0.352. The molecule has 7 rings (SSSR count). The highest BCUT2D eigenvalue weighted by atomic mass is 16.8. The van der Waals surface area contributed by atoms with Crippen molar-refractivity contribution >= 4 is 11.0 Å². The zero-order valence-electron chi connectivity index (χ0n) is 32.0. The highest BCUT2D eigenvalue weighted by Crippen LogP contribution is 2.41. The Kier molecular flexibility index (Phi) is 13.5. The van der Waals surface area contributed by atoms with Gasteiger partial charge in [-0.25, -0.2) is 0 Å². The van der Waals surface area contributed by atoms with E-state index in [2.05, 4.69) is 0 Å². The van der Waals surface area contributed by atoms with Gasteiger partial charge in [0.05, 0.1) is 25.9 Å². The first-order valence-corrected chi connectivity index (χ1v) is 19.2. The molecule has 14 N–H and O–H groups in total. The quantitative estimate of drug-likeness (QED) is 0.0906. The summed E-state index contributed by atoms with van der Waals surface area (Å²) in [6.07, 6.45) is -32.3. The molecule has 2 aromatic carbocycles. The van der Waals surface area contributed by atoms with Gasteiger partial charge in [0.15, 0.2) is 24.4 Å². The molecule has 0 unspecified atom stereocenters. The van der Waals surface area contributed by atoms with Crippen LogP contribution >= 0.6 is 0 Å². The lowest BCUT2D eigenvalue weighted by atomic mass is 9.90. The molecule has 0 amide bonds. The Morgan fingerprint density at radius 3 is 2.03 bits per heavy atom. The molecule has 19 atom stereocenters. The molecule has 23 heteroatoms. The van der Waals surface area contributed by atoms with Crippen LogP contribution in [0, 0.1) is 0 Å². The Bertz CT molecular complexity index is 2030. The summed E-state index contributed by atoms with van der Waals surface area (Å²) >= 11 is 0. The highest BCUT2D eigenvalue weighted by molar-refractivity contribution is 5.88. The van der Waals surface area contributed by atoms with E-state index in [0.717, 1.165) is 6.07 Å². The third kappa shape index (κ3) is 8.69. The minimum Gasteiger partial charge on any atom is -0.508 e. The van der Waals surface area contributed by atoms with Crippen LogP contribution in [0.5, 0.6) is 17.2 Å². The molecule has 4 fully saturated rings. The van der Waals surface area contributed by atoms with E-state index < -0.39 is 164 Å². The first-order chi connectivity index (χ1) is 28.9. The van der Waals surface area contributed by atoms with Crippen LogP contribution in [0.2, 0.25) is 0 Å². The van der Waals surface area contributed by atoms with E-state index in [4.69, 9.17) is 37.6 Å². The fraction of sp³-hybridized carbons (Fsp3) is 0.605. The van der Waals surface area contributed by atoms with Crippen molar-refractivity contribution in [1.29, 1.82) is 0 Å². The average Bonchev–Trinajstić information content (AvgIpc) is 3.23. The third-order valence-electron chi connectivity index (χ3n) is 11.2. The molecule has 0 radical (unpaired) electrons. The van der Waals surface area contributed by atoms with Gasteiger partial charge in [-0.15, -0.1) is 0 Å². The maximum Gasteiger partial charge on any atom is 0.239 e. The van der Waals surface area contributed by atoms with Crippen LogP contribution in [-0.2, 0) is 28.4 Å². The smallest absolute Gasteiger partial charge is 0.239 e. The summed E-state index contributed by atoms with van der Waals surface area (Å²) in [5.74, 6) is -2.14. The SMILES string of the molecule is C[C@@H]1O[C@@H](OC[C@H]2O[C@@H](Oc3c(-c4ccc(O)cc4)oc4cc([C@@H]5O[C@H](CO)[C@@H](O)[C@H](O)[C@H]5O)cc(O)c4c3=O)[C@H](O[C@@H]3OC[C@@H](O)[C@H](O)[C@H]3O)[C@@H](O)[C@@H]2O)[C@H](O)[C@H](O)[C@H]1O. The van der Waals surface area contributed by atoms with Gasteiger partial charge in [0.2, 0.25) is 17.5 Å². The molecule has 23 nitrogen and oxygen atoms in total. The Morgan fingerprint density at radius 1 is 0.689 bits per heavy atom. The van der Waals surface area contributed by atoms with E-state index >= 15 is 0 Å². The van der Waals surface area contributed by atoms with Crippen LogP contribution in [0.15, 0.2) is 45.6 Å². The van der Waals surface area contributed by atoms with Crippen molar-refractivity contribution in [3.63, 3.8) is 0 Å². The van der Waals surface area contributed by atoms with E-state index in [-0.39, 0.29) is 22.5 Å². The second kappa shape index (κ2) is 18.2. The molecule has 61 heavy (non-hydrogen) atoms. The number of rotatable bonds is 10. The molecule has 4 aliphatic rings. The van der Waals surface area contributed by atoms with Gasteiger partial charge in [0.25, 0.3) is 0 Å². The fourth-order valence-electron chi connectivity index (χ4n) is 7.55. The zero-order valence-corrected chi connectivity index (χ0v) is 32.0. The topological polar surface area (TPSA) is 378 Å².